The van der Waals surface area contributed by atoms with Crippen molar-refractivity contribution in [2.75, 3.05) is 44.2 Å². The molecule has 5 nitrogen and oxygen atoms in total. The lowest BCUT2D eigenvalue weighted by Gasteiger charge is -2.39. The second-order valence-electron chi connectivity index (χ2n) is 9.24. The molecule has 0 N–H and O–H groups in total. The summed E-state index contributed by atoms with van der Waals surface area (Å²) >= 11 is 0. The topological polar surface area (TPSA) is 43.9 Å². The molecule has 33 heavy (non-hydrogen) atoms. The Hall–Kier alpha value is -3.34. The maximum atomic E-state index is 13.2. The minimum atomic E-state index is 0.0205. The Morgan fingerprint density at radius 3 is 2.21 bits per heavy atom. The lowest BCUT2D eigenvalue weighted by molar-refractivity contribution is -0.137. The Morgan fingerprint density at radius 1 is 0.758 bits per heavy atom. The van der Waals surface area contributed by atoms with Crippen molar-refractivity contribution in [1.82, 2.24) is 9.80 Å². The van der Waals surface area contributed by atoms with Crippen molar-refractivity contribution in [2.45, 2.75) is 19.8 Å². The van der Waals surface area contributed by atoms with Gasteiger partial charge in [-0.25, -0.2) is 0 Å². The van der Waals surface area contributed by atoms with Crippen LogP contribution in [0.4, 0.5) is 5.69 Å². The molecule has 0 spiro atoms. The van der Waals surface area contributed by atoms with E-state index in [1.54, 1.807) is 0 Å². The molecule has 0 radical (unpaired) electrons. The quantitative estimate of drug-likeness (QED) is 0.607. The van der Waals surface area contributed by atoms with Crippen LogP contribution in [0.15, 0.2) is 66.7 Å². The average Bonchev–Trinajstić information content (AvgIpc) is 2.88. The number of hydrogen-bond donors (Lipinski definition) is 0. The van der Waals surface area contributed by atoms with Gasteiger partial charge in [-0.2, -0.15) is 0 Å². The van der Waals surface area contributed by atoms with Gasteiger partial charge >= 0.3 is 0 Å². The number of carbonyl (C=O) groups is 2. The Bertz CT molecular complexity index is 1150. The zero-order valence-corrected chi connectivity index (χ0v) is 19.2. The normalized spacial score (nSPS) is 17.4. The number of nitrogens with zero attached hydrogens (tertiary/aromatic N) is 3. The standard InChI is InChI=1S/C28H31N3O2/c1-21-6-4-9-24(20-21)29-16-18-31(19-17-29)27(32)23-12-14-30(15-13-23)28(33)26-11-5-8-22-7-2-3-10-25(22)26/h2-11,20,23H,12-19H2,1H3. The summed E-state index contributed by atoms with van der Waals surface area (Å²) in [6.07, 6.45) is 1.49. The van der Waals surface area contributed by atoms with Crippen LogP contribution < -0.4 is 4.90 Å². The van der Waals surface area contributed by atoms with Crippen molar-refractivity contribution >= 4 is 28.3 Å². The highest BCUT2D eigenvalue weighted by atomic mass is 16.2. The Kier molecular flexibility index (Phi) is 6.03. The molecule has 0 saturated carbocycles. The van der Waals surface area contributed by atoms with Crippen molar-refractivity contribution < 1.29 is 9.59 Å². The first-order chi connectivity index (χ1) is 16.1. The fourth-order valence-electron chi connectivity index (χ4n) is 5.18. The number of rotatable bonds is 3. The molecule has 0 unspecified atom stereocenters. The van der Waals surface area contributed by atoms with Crippen molar-refractivity contribution in [3.63, 3.8) is 0 Å². The molecule has 2 aliphatic rings. The average molecular weight is 442 g/mol. The number of likely N-dealkylation sites (tertiary alicyclic amines) is 1. The van der Waals surface area contributed by atoms with Crippen LogP contribution in [0.2, 0.25) is 0 Å². The molecule has 2 aliphatic heterocycles. The van der Waals surface area contributed by atoms with Crippen molar-refractivity contribution in [2.24, 2.45) is 5.92 Å². The van der Waals surface area contributed by atoms with Crippen LogP contribution in [0.1, 0.15) is 28.8 Å². The summed E-state index contributed by atoms with van der Waals surface area (Å²) in [5.41, 5.74) is 3.25. The highest BCUT2D eigenvalue weighted by Crippen LogP contribution is 2.25. The number of fused-ring (bicyclic) bond motifs is 1. The predicted octanol–water partition coefficient (Wildman–Crippen LogP) is 4.35. The van der Waals surface area contributed by atoms with E-state index in [1.165, 1.54) is 11.3 Å². The van der Waals surface area contributed by atoms with Gasteiger partial charge in [0.05, 0.1) is 0 Å². The summed E-state index contributed by atoms with van der Waals surface area (Å²) in [4.78, 5) is 32.7. The molecule has 2 saturated heterocycles. The van der Waals surface area contributed by atoms with E-state index in [2.05, 4.69) is 36.1 Å². The van der Waals surface area contributed by atoms with Gasteiger partial charge in [0.25, 0.3) is 5.91 Å². The third-order valence-electron chi connectivity index (χ3n) is 7.11. The molecule has 5 heteroatoms. The summed E-state index contributed by atoms with van der Waals surface area (Å²) < 4.78 is 0. The summed E-state index contributed by atoms with van der Waals surface area (Å²) in [7, 11) is 0. The first kappa shape index (κ1) is 21.5. The Balaban J connectivity index is 1.17. The van der Waals surface area contributed by atoms with Crippen LogP contribution >= 0.6 is 0 Å². The van der Waals surface area contributed by atoms with Gasteiger partial charge < -0.3 is 14.7 Å². The van der Waals surface area contributed by atoms with E-state index in [0.717, 1.165) is 55.4 Å². The zero-order chi connectivity index (χ0) is 22.8. The van der Waals surface area contributed by atoms with Gasteiger partial charge in [-0.15, -0.1) is 0 Å². The minimum absolute atomic E-state index is 0.0205. The van der Waals surface area contributed by atoms with Gasteiger partial charge in [0.2, 0.25) is 5.91 Å². The molecular formula is C28H31N3O2. The van der Waals surface area contributed by atoms with E-state index >= 15 is 0 Å². The molecule has 2 fully saturated rings. The van der Waals surface area contributed by atoms with Crippen LogP contribution in [-0.2, 0) is 4.79 Å². The smallest absolute Gasteiger partial charge is 0.254 e. The Morgan fingerprint density at radius 2 is 1.45 bits per heavy atom. The fourth-order valence-corrected chi connectivity index (χ4v) is 5.18. The third kappa shape index (κ3) is 4.45. The maximum absolute atomic E-state index is 13.2. The summed E-state index contributed by atoms with van der Waals surface area (Å²) in [5, 5.41) is 2.08. The number of amides is 2. The number of carbonyl (C=O) groups excluding carboxylic acids is 2. The highest BCUT2D eigenvalue weighted by Gasteiger charge is 2.32. The zero-order valence-electron chi connectivity index (χ0n) is 19.2. The van der Waals surface area contributed by atoms with Crippen LogP contribution in [0.5, 0.6) is 0 Å². The second kappa shape index (κ2) is 9.26. The molecule has 5 rings (SSSR count). The molecule has 0 aromatic heterocycles. The SMILES string of the molecule is Cc1cccc(N2CCN(C(=O)C3CCN(C(=O)c4cccc5ccccc45)CC3)CC2)c1. The van der Waals surface area contributed by atoms with E-state index in [1.807, 2.05) is 52.3 Å². The summed E-state index contributed by atoms with van der Waals surface area (Å²) in [6, 6.07) is 22.5. The number of piperazine rings is 1. The Labute approximate surface area is 195 Å². The van der Waals surface area contributed by atoms with E-state index in [4.69, 9.17) is 0 Å². The van der Waals surface area contributed by atoms with Crippen molar-refractivity contribution in [3.8, 4) is 0 Å². The second-order valence-corrected chi connectivity index (χ2v) is 9.24. The molecule has 3 aromatic carbocycles. The van der Waals surface area contributed by atoms with Gasteiger partial charge in [0.1, 0.15) is 0 Å². The van der Waals surface area contributed by atoms with Gasteiger partial charge in [-0.1, -0.05) is 48.5 Å². The van der Waals surface area contributed by atoms with E-state index < -0.39 is 0 Å². The summed E-state index contributed by atoms with van der Waals surface area (Å²) in [5.74, 6) is 0.354. The van der Waals surface area contributed by atoms with Crippen molar-refractivity contribution in [1.29, 1.82) is 0 Å². The number of aryl methyl sites for hydroxylation is 1. The van der Waals surface area contributed by atoms with Gasteiger partial charge in [-0.3, -0.25) is 9.59 Å². The summed E-state index contributed by atoms with van der Waals surface area (Å²) in [6.45, 7) is 6.66. The van der Waals surface area contributed by atoms with Crippen LogP contribution in [0, 0.1) is 12.8 Å². The van der Waals surface area contributed by atoms with E-state index in [0.29, 0.717) is 13.1 Å². The van der Waals surface area contributed by atoms with Crippen molar-refractivity contribution in [3.05, 3.63) is 77.9 Å². The molecule has 0 bridgehead atoms. The van der Waals surface area contributed by atoms with Gasteiger partial charge in [0.15, 0.2) is 0 Å². The van der Waals surface area contributed by atoms with Crippen LogP contribution in [0.25, 0.3) is 10.8 Å². The largest absolute Gasteiger partial charge is 0.368 e. The predicted molar refractivity (Wildman–Crippen MR) is 133 cm³/mol. The molecule has 0 aliphatic carbocycles. The molecule has 2 amide bonds. The van der Waals surface area contributed by atoms with Crippen LogP contribution in [-0.4, -0.2) is 60.9 Å². The third-order valence-corrected chi connectivity index (χ3v) is 7.11. The molecule has 3 aromatic rings. The number of hydrogen-bond acceptors (Lipinski definition) is 3. The monoisotopic (exact) mass is 441 g/mol. The molecule has 0 atom stereocenters. The molecule has 170 valence electrons. The lowest BCUT2D eigenvalue weighted by atomic mass is 9.94. The van der Waals surface area contributed by atoms with Gasteiger partial charge in [0, 0.05) is 56.4 Å². The van der Waals surface area contributed by atoms with Crippen LogP contribution in [0.3, 0.4) is 0 Å². The number of benzene rings is 3. The number of piperidine rings is 1. The fraction of sp³-hybridized carbons (Fsp3) is 0.357. The molecule has 2 heterocycles. The van der Waals surface area contributed by atoms with E-state index in [9.17, 15) is 9.59 Å². The lowest BCUT2D eigenvalue weighted by Crippen LogP contribution is -2.52. The highest BCUT2D eigenvalue weighted by molar-refractivity contribution is 6.07. The molecular weight excluding hydrogens is 410 g/mol. The minimum Gasteiger partial charge on any atom is -0.368 e. The van der Waals surface area contributed by atoms with Gasteiger partial charge in [-0.05, 0) is 54.3 Å². The maximum Gasteiger partial charge on any atom is 0.254 e. The first-order valence-corrected chi connectivity index (χ1v) is 12.0. The number of anilines is 1. The van der Waals surface area contributed by atoms with E-state index in [-0.39, 0.29) is 17.7 Å². The first-order valence-electron chi connectivity index (χ1n) is 12.0.